The third-order valence-corrected chi connectivity index (χ3v) is 16.1. The largest absolute Gasteiger partial charge is 0.458 e. The van der Waals surface area contributed by atoms with Crippen LogP contribution in [0.1, 0.15) is 76.5 Å². The van der Waals surface area contributed by atoms with Crippen molar-refractivity contribution in [2.45, 2.75) is 145 Å². The lowest BCUT2D eigenvalue weighted by molar-refractivity contribution is -0.301. The van der Waals surface area contributed by atoms with Crippen molar-refractivity contribution in [2.75, 3.05) is 13.2 Å². The van der Waals surface area contributed by atoms with Gasteiger partial charge >= 0.3 is 17.9 Å². The molecule has 8 aliphatic rings. The van der Waals surface area contributed by atoms with E-state index < -0.39 is 59.4 Å². The van der Waals surface area contributed by atoms with E-state index in [9.17, 15) is 14.4 Å². The minimum Gasteiger partial charge on any atom is -0.458 e. The fourth-order valence-electron chi connectivity index (χ4n) is 12.6. The summed E-state index contributed by atoms with van der Waals surface area (Å²) in [6, 6.07) is 29.5. The van der Waals surface area contributed by atoms with Crippen molar-refractivity contribution in [3.8, 4) is 0 Å². The Kier molecular flexibility index (Phi) is 10.9. The number of benzene rings is 3. The molecule has 0 bridgehead atoms. The number of hydrogen-bond acceptors (Lipinski definition) is 13. The molecule has 13 heteroatoms. The molecule has 0 radical (unpaired) electrons. The van der Waals surface area contributed by atoms with Crippen LogP contribution in [0.5, 0.6) is 0 Å². The Morgan fingerprint density at radius 3 is 2.03 bits per heavy atom. The molecular formula is C52H58O13. The SMILES string of the molecule is CC(C)[C@]12O[C@H]1[C@@H]1O[C@]13[C@]1(O[C@H]1C[C@H]1C4=C(CC[C@@]13C)C(=O)OC4)[C@@H]2OC(=O)CCC(=O)O[C@H]1OC(COCc2ccccc2)[C@H](C)C(OCc2ccccc2)[C@H]1OCc1ccccc1. The van der Waals surface area contributed by atoms with E-state index in [0.717, 1.165) is 34.3 Å². The zero-order valence-electron chi connectivity index (χ0n) is 37.4. The van der Waals surface area contributed by atoms with Gasteiger partial charge in [-0.15, -0.1) is 0 Å². The van der Waals surface area contributed by atoms with Gasteiger partial charge in [-0.05, 0) is 53.4 Å². The van der Waals surface area contributed by atoms with Gasteiger partial charge in [-0.2, -0.15) is 0 Å². The summed E-state index contributed by atoms with van der Waals surface area (Å²) in [5.74, 6) is -1.60. The number of rotatable bonds is 16. The van der Waals surface area contributed by atoms with E-state index in [2.05, 4.69) is 20.8 Å². The predicted octanol–water partition coefficient (Wildman–Crippen LogP) is 6.73. The van der Waals surface area contributed by atoms with Gasteiger partial charge in [0, 0.05) is 16.9 Å². The van der Waals surface area contributed by atoms with Gasteiger partial charge in [-0.1, -0.05) is 119 Å². The molecular weight excluding hydrogens is 833 g/mol. The molecule has 5 heterocycles. The molecule has 2 spiro atoms. The number of hydrogen-bond donors (Lipinski definition) is 0. The van der Waals surface area contributed by atoms with Gasteiger partial charge in [-0.25, -0.2) is 4.79 Å². The Labute approximate surface area is 379 Å². The zero-order chi connectivity index (χ0) is 44.7. The minimum absolute atomic E-state index is 0.0101. The molecule has 13 nitrogen and oxygen atoms in total. The highest BCUT2D eigenvalue weighted by Crippen LogP contribution is 2.83. The van der Waals surface area contributed by atoms with Crippen molar-refractivity contribution in [2.24, 2.45) is 23.2 Å². The quantitative estimate of drug-likeness (QED) is 0.0850. The molecule has 3 aromatic carbocycles. The summed E-state index contributed by atoms with van der Waals surface area (Å²) in [4.78, 5) is 40.7. The summed E-state index contributed by atoms with van der Waals surface area (Å²) in [5.41, 5.74) is 1.99. The maximum Gasteiger partial charge on any atom is 0.334 e. The van der Waals surface area contributed by atoms with Crippen LogP contribution in [0.25, 0.3) is 0 Å². The highest BCUT2D eigenvalue weighted by Gasteiger charge is 3.01. The van der Waals surface area contributed by atoms with Crippen molar-refractivity contribution in [1.29, 1.82) is 0 Å². The Bertz CT molecular complexity index is 2320. The molecule has 2 unspecified atom stereocenters. The third kappa shape index (κ3) is 6.94. The fraction of sp³-hybridized carbons (Fsp3) is 0.558. The molecule has 6 fully saturated rings. The second-order valence-corrected chi connectivity index (χ2v) is 19.8. The molecule has 2 saturated carbocycles. The van der Waals surface area contributed by atoms with E-state index in [1.807, 2.05) is 97.9 Å². The maximum atomic E-state index is 14.1. The van der Waals surface area contributed by atoms with E-state index in [4.69, 9.17) is 47.4 Å². The van der Waals surface area contributed by atoms with Crippen LogP contribution in [0.4, 0.5) is 0 Å². The van der Waals surface area contributed by atoms with Crippen molar-refractivity contribution in [3.63, 3.8) is 0 Å². The number of epoxide rings is 3. The van der Waals surface area contributed by atoms with Crippen molar-refractivity contribution in [1.82, 2.24) is 0 Å². The van der Waals surface area contributed by atoms with Crippen LogP contribution in [0.2, 0.25) is 0 Å². The summed E-state index contributed by atoms with van der Waals surface area (Å²) in [7, 11) is 0. The molecule has 65 heavy (non-hydrogen) atoms. The van der Waals surface area contributed by atoms with Gasteiger partial charge in [0.05, 0.1) is 57.6 Å². The number of fused-ring (bicyclic) bond motifs is 4. The first-order valence-electron chi connectivity index (χ1n) is 23.4. The number of carbonyl (C=O) groups is 3. The topological polar surface area (TPSA) is 153 Å². The predicted molar refractivity (Wildman–Crippen MR) is 230 cm³/mol. The average Bonchev–Trinajstić information content (AvgIpc) is 4.25. The number of esters is 3. The van der Waals surface area contributed by atoms with Gasteiger partial charge in [0.1, 0.15) is 36.1 Å². The van der Waals surface area contributed by atoms with Crippen molar-refractivity contribution >= 4 is 17.9 Å². The molecule has 5 aliphatic heterocycles. The highest BCUT2D eigenvalue weighted by molar-refractivity contribution is 5.92. The second-order valence-electron chi connectivity index (χ2n) is 19.8. The van der Waals surface area contributed by atoms with E-state index in [-0.39, 0.29) is 73.5 Å². The lowest BCUT2D eigenvalue weighted by Gasteiger charge is -2.53. The van der Waals surface area contributed by atoms with Gasteiger partial charge in [0.15, 0.2) is 11.7 Å². The first-order chi connectivity index (χ1) is 31.5. The van der Waals surface area contributed by atoms with Gasteiger partial charge in [-0.3, -0.25) is 9.59 Å². The maximum absolute atomic E-state index is 14.1. The molecule has 0 amide bonds. The van der Waals surface area contributed by atoms with Crippen LogP contribution in [-0.2, 0) is 81.6 Å². The second kappa shape index (κ2) is 16.4. The molecule has 3 aromatic rings. The Balaban J connectivity index is 0.805. The van der Waals surface area contributed by atoms with E-state index in [1.165, 1.54) is 0 Å². The van der Waals surface area contributed by atoms with Gasteiger partial charge < -0.3 is 47.4 Å². The van der Waals surface area contributed by atoms with Gasteiger partial charge in [0.25, 0.3) is 0 Å². The molecule has 3 aliphatic carbocycles. The van der Waals surface area contributed by atoms with Gasteiger partial charge in [0.2, 0.25) is 6.29 Å². The van der Waals surface area contributed by atoms with Crippen molar-refractivity contribution in [3.05, 3.63) is 119 Å². The average molecular weight is 891 g/mol. The van der Waals surface area contributed by atoms with E-state index >= 15 is 0 Å². The zero-order valence-corrected chi connectivity index (χ0v) is 37.4. The minimum atomic E-state index is -1.17. The molecule has 0 N–H and O–H groups in total. The first-order valence-corrected chi connectivity index (χ1v) is 23.4. The lowest BCUT2D eigenvalue weighted by Crippen LogP contribution is -2.70. The van der Waals surface area contributed by atoms with E-state index in [1.54, 1.807) is 0 Å². The molecule has 344 valence electrons. The monoisotopic (exact) mass is 890 g/mol. The fourth-order valence-corrected chi connectivity index (χ4v) is 12.6. The molecule has 11 rings (SSSR count). The smallest absolute Gasteiger partial charge is 0.334 e. The third-order valence-electron chi connectivity index (χ3n) is 16.1. The highest BCUT2D eigenvalue weighted by atomic mass is 16.8. The summed E-state index contributed by atoms with van der Waals surface area (Å²) >= 11 is 0. The van der Waals surface area contributed by atoms with Crippen LogP contribution in [0, 0.1) is 23.2 Å². The Morgan fingerprint density at radius 2 is 1.38 bits per heavy atom. The Morgan fingerprint density at radius 1 is 0.769 bits per heavy atom. The summed E-state index contributed by atoms with van der Waals surface area (Å²) in [5, 5.41) is 0. The summed E-state index contributed by atoms with van der Waals surface area (Å²) < 4.78 is 64.5. The molecule has 4 saturated heterocycles. The number of ether oxygens (including phenoxy) is 10. The summed E-state index contributed by atoms with van der Waals surface area (Å²) in [6.07, 6.45) is -3.02. The summed E-state index contributed by atoms with van der Waals surface area (Å²) in [6.45, 7) is 9.86. The molecule has 14 atom stereocenters. The number of carbonyl (C=O) groups excluding carboxylic acids is 3. The van der Waals surface area contributed by atoms with Crippen LogP contribution < -0.4 is 0 Å². The normalized spacial score (nSPS) is 39.1. The van der Waals surface area contributed by atoms with Crippen molar-refractivity contribution < 1.29 is 61.8 Å². The Hall–Kier alpha value is -4.47. The lowest BCUT2D eigenvalue weighted by atomic mass is 9.46. The standard InChI is InChI=1S/C52H58O13/c1-30(2)50-44(64-50)45-52(65-45)49(4)23-22-35-36(28-59-46(35)55)37(49)24-39-51(52,63-39)48(50)62-41(54)21-20-40(53)61-47-43(58-27-34-18-12-7-13-19-34)42(57-26-33-16-10-6-11-17-33)31(3)38(60-47)29-56-25-32-14-8-5-9-15-32/h5-19,30-31,37-39,42-45,47-48H,20-29H2,1-4H3/t31-,37-,38?,39-,42?,43+,44-,45-,47+,48+,49-,50-,51+,52+/m0/s1. The first kappa shape index (κ1) is 43.1. The van der Waals surface area contributed by atoms with Crippen LogP contribution in [0.3, 0.4) is 0 Å². The van der Waals surface area contributed by atoms with E-state index in [0.29, 0.717) is 32.7 Å². The van der Waals surface area contributed by atoms with Crippen LogP contribution >= 0.6 is 0 Å². The molecule has 0 aromatic heterocycles. The number of cyclic esters (lactones) is 1. The van der Waals surface area contributed by atoms with Crippen LogP contribution in [0.15, 0.2) is 102 Å². The van der Waals surface area contributed by atoms with Crippen LogP contribution in [-0.4, -0.2) is 96.9 Å².